The molecule has 0 amide bonds. The third kappa shape index (κ3) is 4.29. The summed E-state index contributed by atoms with van der Waals surface area (Å²) in [7, 11) is 0. The van der Waals surface area contributed by atoms with E-state index in [0.717, 1.165) is 23.0 Å². The maximum Gasteiger partial charge on any atom is 0.0811 e. The number of likely N-dealkylation sites (tertiary alicyclic amines) is 1. The molecule has 3 saturated carbocycles. The van der Waals surface area contributed by atoms with Gasteiger partial charge in [-0.2, -0.15) is 0 Å². The van der Waals surface area contributed by atoms with Crippen LogP contribution in [0.4, 0.5) is 0 Å². The van der Waals surface area contributed by atoms with Crippen molar-refractivity contribution in [1.29, 1.82) is 0 Å². The number of fused-ring (bicyclic) bond motifs is 1. The first-order valence-electron chi connectivity index (χ1n) is 12.1. The Morgan fingerprint density at radius 3 is 2.69 bits per heavy atom. The molecule has 0 radical (unpaired) electrons. The lowest BCUT2D eigenvalue weighted by molar-refractivity contribution is 0.0821. The van der Waals surface area contributed by atoms with Crippen molar-refractivity contribution < 1.29 is 10.2 Å². The van der Waals surface area contributed by atoms with E-state index in [0.29, 0.717) is 24.2 Å². The van der Waals surface area contributed by atoms with Crippen molar-refractivity contribution in [3.8, 4) is 0 Å². The Kier molecular flexibility index (Phi) is 6.39. The lowest BCUT2D eigenvalue weighted by Gasteiger charge is -2.45. The van der Waals surface area contributed by atoms with E-state index in [-0.39, 0.29) is 0 Å². The predicted molar refractivity (Wildman–Crippen MR) is 120 cm³/mol. The zero-order valence-electron chi connectivity index (χ0n) is 18.6. The van der Waals surface area contributed by atoms with Crippen LogP contribution in [0.5, 0.6) is 0 Å². The van der Waals surface area contributed by atoms with Crippen LogP contribution in [0.3, 0.4) is 0 Å². The van der Waals surface area contributed by atoms with Gasteiger partial charge in [0, 0.05) is 13.0 Å². The van der Waals surface area contributed by atoms with Gasteiger partial charge in [0.25, 0.3) is 0 Å². The quantitative estimate of drug-likeness (QED) is 0.709. The van der Waals surface area contributed by atoms with E-state index >= 15 is 0 Å². The van der Waals surface area contributed by atoms with Crippen LogP contribution in [-0.4, -0.2) is 47.0 Å². The minimum Gasteiger partial charge on any atom is -0.393 e. The first-order valence-corrected chi connectivity index (χ1v) is 12.1. The second-order valence-corrected chi connectivity index (χ2v) is 10.6. The Morgan fingerprint density at radius 2 is 1.93 bits per heavy atom. The molecule has 0 aromatic rings. The van der Waals surface area contributed by atoms with Crippen LogP contribution in [0.1, 0.15) is 71.6 Å². The van der Waals surface area contributed by atoms with Gasteiger partial charge in [-0.1, -0.05) is 38.2 Å². The lowest BCUT2D eigenvalue weighted by atomic mass is 9.61. The van der Waals surface area contributed by atoms with Gasteiger partial charge in [-0.15, -0.1) is 0 Å². The third-order valence-electron chi connectivity index (χ3n) is 8.73. The van der Waals surface area contributed by atoms with Gasteiger partial charge in [0.1, 0.15) is 0 Å². The summed E-state index contributed by atoms with van der Waals surface area (Å²) < 4.78 is 0. The molecule has 0 aromatic heterocycles. The summed E-state index contributed by atoms with van der Waals surface area (Å²) in [6.45, 7) is 13.0. The summed E-state index contributed by atoms with van der Waals surface area (Å²) in [5, 5.41) is 20.2. The summed E-state index contributed by atoms with van der Waals surface area (Å²) >= 11 is 0. The Morgan fingerprint density at radius 1 is 1.17 bits per heavy atom. The fraction of sp³-hybridized carbons (Fsp3) is 0.769. The molecule has 3 aliphatic carbocycles. The summed E-state index contributed by atoms with van der Waals surface area (Å²) in [5.41, 5.74) is 3.87. The molecule has 4 fully saturated rings. The van der Waals surface area contributed by atoms with Crippen LogP contribution in [-0.2, 0) is 0 Å². The van der Waals surface area contributed by atoms with Crippen LogP contribution in [0.25, 0.3) is 0 Å². The second-order valence-electron chi connectivity index (χ2n) is 10.6. The molecule has 1 heterocycles. The van der Waals surface area contributed by atoms with E-state index in [1.807, 2.05) is 0 Å². The Hall–Kier alpha value is -0.900. The van der Waals surface area contributed by atoms with Crippen LogP contribution < -0.4 is 0 Å². The number of rotatable bonds is 4. The minimum atomic E-state index is -0.595. The van der Waals surface area contributed by atoms with E-state index < -0.39 is 12.2 Å². The molecule has 0 bridgehead atoms. The highest BCUT2D eigenvalue weighted by Crippen LogP contribution is 2.59. The molecule has 3 heteroatoms. The monoisotopic (exact) mass is 399 g/mol. The summed E-state index contributed by atoms with van der Waals surface area (Å²) in [6.07, 6.45) is 13.8. The van der Waals surface area contributed by atoms with Crippen molar-refractivity contribution in [2.45, 2.75) is 83.8 Å². The molecule has 4 rings (SSSR count). The van der Waals surface area contributed by atoms with Crippen molar-refractivity contribution in [3.63, 3.8) is 0 Å². The van der Waals surface area contributed by atoms with Crippen LogP contribution in [0, 0.1) is 23.2 Å². The Balaban J connectivity index is 1.49. The number of nitrogens with zero attached hydrogens (tertiary/aromatic N) is 1. The molecule has 29 heavy (non-hydrogen) atoms. The maximum absolute atomic E-state index is 10.1. The van der Waals surface area contributed by atoms with Gasteiger partial charge in [-0.05, 0) is 98.8 Å². The van der Waals surface area contributed by atoms with Crippen molar-refractivity contribution in [1.82, 2.24) is 4.90 Å². The van der Waals surface area contributed by atoms with E-state index in [9.17, 15) is 10.2 Å². The summed E-state index contributed by atoms with van der Waals surface area (Å²) in [6, 6.07) is 0. The van der Waals surface area contributed by atoms with Gasteiger partial charge in [0.05, 0.1) is 12.2 Å². The molecular formula is C26H41NO2. The fourth-order valence-electron chi connectivity index (χ4n) is 7.18. The van der Waals surface area contributed by atoms with Gasteiger partial charge in [-0.25, -0.2) is 0 Å². The summed E-state index contributed by atoms with van der Waals surface area (Å²) in [5.74, 6) is 2.31. The number of hydrogen-bond acceptors (Lipinski definition) is 3. The van der Waals surface area contributed by atoms with Crippen LogP contribution in [0.2, 0.25) is 0 Å². The Labute approximate surface area is 177 Å². The van der Waals surface area contributed by atoms with Gasteiger partial charge in [-0.3, -0.25) is 0 Å². The SMILES string of the molecule is C=C1C(=CC=C2CCC[C@]3(C)[C@@H](C(C)CN4CCCC4)CC[C@@H]23)C[C@@H](O)C[C@@H]1O. The molecular weight excluding hydrogens is 358 g/mol. The zero-order valence-corrected chi connectivity index (χ0v) is 18.6. The molecule has 162 valence electrons. The smallest absolute Gasteiger partial charge is 0.0811 e. The number of aliphatic hydroxyl groups is 2. The zero-order chi connectivity index (χ0) is 20.6. The second kappa shape index (κ2) is 8.69. The molecule has 0 spiro atoms. The minimum absolute atomic E-state index is 0.421. The fourth-order valence-corrected chi connectivity index (χ4v) is 7.18. The Bertz CT molecular complexity index is 674. The van der Waals surface area contributed by atoms with E-state index in [1.54, 1.807) is 5.57 Å². The van der Waals surface area contributed by atoms with Crippen molar-refractivity contribution in [3.05, 3.63) is 35.5 Å². The highest BCUT2D eigenvalue weighted by Gasteiger charge is 2.50. The molecule has 1 aliphatic heterocycles. The molecule has 1 unspecified atom stereocenters. The molecule has 1 saturated heterocycles. The van der Waals surface area contributed by atoms with E-state index in [1.165, 1.54) is 64.6 Å². The van der Waals surface area contributed by atoms with Gasteiger partial charge < -0.3 is 15.1 Å². The van der Waals surface area contributed by atoms with Gasteiger partial charge in [0.2, 0.25) is 0 Å². The normalized spacial score (nSPS) is 42.6. The van der Waals surface area contributed by atoms with E-state index in [2.05, 4.69) is 37.5 Å². The number of allylic oxidation sites excluding steroid dienone is 3. The highest BCUT2D eigenvalue weighted by atomic mass is 16.3. The van der Waals surface area contributed by atoms with Gasteiger partial charge >= 0.3 is 0 Å². The number of hydrogen-bond donors (Lipinski definition) is 2. The molecule has 0 aromatic carbocycles. The van der Waals surface area contributed by atoms with Crippen LogP contribution >= 0.6 is 0 Å². The van der Waals surface area contributed by atoms with Crippen LogP contribution in [0.15, 0.2) is 35.5 Å². The summed E-state index contributed by atoms with van der Waals surface area (Å²) in [4.78, 5) is 2.69. The maximum atomic E-state index is 10.1. The molecule has 2 N–H and O–H groups in total. The van der Waals surface area contributed by atoms with Crippen molar-refractivity contribution in [2.24, 2.45) is 23.2 Å². The largest absolute Gasteiger partial charge is 0.393 e. The van der Waals surface area contributed by atoms with E-state index in [4.69, 9.17) is 0 Å². The molecule has 3 nitrogen and oxygen atoms in total. The third-order valence-corrected chi connectivity index (χ3v) is 8.73. The number of aliphatic hydroxyl groups excluding tert-OH is 2. The van der Waals surface area contributed by atoms with Crippen molar-refractivity contribution >= 4 is 0 Å². The standard InChI is InChI=1S/C26H41NO2/c1-18(17-27-13-4-5-14-27)23-10-11-24-20(7-6-12-26(23,24)3)8-9-21-15-22(28)16-25(29)19(21)2/h8-9,18,22-25,28-29H,2,4-7,10-17H2,1,3H3/t18?,22-,23-,24+,25+,26-/m1/s1. The predicted octanol–water partition coefficient (Wildman–Crippen LogP) is 4.86. The first kappa shape index (κ1) is 21.3. The first-order chi connectivity index (χ1) is 13.9. The average Bonchev–Trinajstić information content (AvgIpc) is 3.30. The molecule has 6 atom stereocenters. The molecule has 4 aliphatic rings. The lowest BCUT2D eigenvalue weighted by Crippen LogP contribution is -2.39. The van der Waals surface area contributed by atoms with Gasteiger partial charge in [0.15, 0.2) is 0 Å². The van der Waals surface area contributed by atoms with Crippen molar-refractivity contribution in [2.75, 3.05) is 19.6 Å². The topological polar surface area (TPSA) is 43.7 Å². The average molecular weight is 400 g/mol. The highest BCUT2D eigenvalue weighted by molar-refractivity contribution is 5.38.